The van der Waals surface area contributed by atoms with Crippen molar-refractivity contribution in [3.63, 3.8) is 0 Å². The Kier molecular flexibility index (Phi) is 8.47. The van der Waals surface area contributed by atoms with Crippen LogP contribution in [0.15, 0.2) is 48.7 Å². The molecule has 1 amide bonds. The molecule has 0 spiro atoms. The Labute approximate surface area is 230 Å². The number of hydrogen-bond acceptors (Lipinski definition) is 6. The zero-order chi connectivity index (χ0) is 27.4. The Balaban J connectivity index is 1.16. The molecular weight excluding hydrogens is 495 g/mol. The first kappa shape index (κ1) is 27.1. The third kappa shape index (κ3) is 6.42. The summed E-state index contributed by atoms with van der Waals surface area (Å²) in [5, 5.41) is 7.70. The van der Waals surface area contributed by atoms with Crippen molar-refractivity contribution in [2.75, 3.05) is 56.1 Å². The molecule has 0 radical (unpaired) electrons. The molecule has 208 valence electrons. The van der Waals surface area contributed by atoms with Crippen molar-refractivity contribution >= 4 is 23.1 Å². The molecule has 0 atom stereocenters. The van der Waals surface area contributed by atoms with Crippen molar-refractivity contribution in [1.29, 1.82) is 0 Å². The summed E-state index contributed by atoms with van der Waals surface area (Å²) in [5.74, 6) is 0.950. The highest BCUT2D eigenvalue weighted by atomic mass is 19.1. The second-order valence-corrected chi connectivity index (χ2v) is 10.9. The molecule has 1 fully saturated rings. The summed E-state index contributed by atoms with van der Waals surface area (Å²) >= 11 is 0. The standard InChI is InChI=1S/C30H39FN6O2/c1-22(2)11-13-36-16-14-35(15-17-36)12-6-18-39-28-10-9-23(19-25(28)31)30(38)37-21-24-20-32-34(3)29(24)33-26-7-4-5-8-27(26)37/h4-5,7-10,19-20,22,33H,6,11-18,21H2,1-3H3. The molecule has 1 aromatic heterocycles. The molecule has 2 aliphatic rings. The molecular formula is C30H39FN6O2. The lowest BCUT2D eigenvalue weighted by molar-refractivity contribution is 0.0985. The number of amides is 1. The van der Waals surface area contributed by atoms with Gasteiger partial charge in [0.1, 0.15) is 5.82 Å². The van der Waals surface area contributed by atoms with Gasteiger partial charge in [0.2, 0.25) is 0 Å². The van der Waals surface area contributed by atoms with Crippen LogP contribution < -0.4 is 15.0 Å². The number of para-hydroxylation sites is 2. The van der Waals surface area contributed by atoms with Gasteiger partial charge < -0.3 is 24.8 Å². The summed E-state index contributed by atoms with van der Waals surface area (Å²) in [6.07, 6.45) is 3.83. The summed E-state index contributed by atoms with van der Waals surface area (Å²) in [7, 11) is 1.86. The number of carbonyl (C=O) groups excluding carboxylic acids is 1. The lowest BCUT2D eigenvalue weighted by atomic mass is 10.1. The summed E-state index contributed by atoms with van der Waals surface area (Å²) in [6, 6.07) is 12.1. The number of piperazine rings is 1. The lowest BCUT2D eigenvalue weighted by Crippen LogP contribution is -2.47. The van der Waals surface area contributed by atoms with Gasteiger partial charge in [0.05, 0.1) is 30.7 Å². The average Bonchev–Trinajstić information content (AvgIpc) is 3.18. The minimum Gasteiger partial charge on any atom is -0.490 e. The molecule has 2 aliphatic heterocycles. The van der Waals surface area contributed by atoms with E-state index in [-0.39, 0.29) is 17.2 Å². The maximum Gasteiger partial charge on any atom is 0.258 e. The summed E-state index contributed by atoms with van der Waals surface area (Å²) in [4.78, 5) is 20.2. The van der Waals surface area contributed by atoms with Gasteiger partial charge in [-0.3, -0.25) is 9.48 Å². The number of nitrogens with one attached hydrogen (secondary N) is 1. The van der Waals surface area contributed by atoms with Gasteiger partial charge in [-0.2, -0.15) is 5.10 Å². The van der Waals surface area contributed by atoms with Crippen molar-refractivity contribution < 1.29 is 13.9 Å². The fourth-order valence-corrected chi connectivity index (χ4v) is 5.19. The molecule has 39 heavy (non-hydrogen) atoms. The highest BCUT2D eigenvalue weighted by Crippen LogP contribution is 2.36. The number of hydrogen-bond donors (Lipinski definition) is 1. The predicted octanol–water partition coefficient (Wildman–Crippen LogP) is 4.90. The summed E-state index contributed by atoms with van der Waals surface area (Å²) < 4.78 is 22.5. The number of halogens is 1. The molecule has 3 aromatic rings. The first-order chi connectivity index (χ1) is 18.9. The Morgan fingerprint density at radius 1 is 1.08 bits per heavy atom. The van der Waals surface area contributed by atoms with Gasteiger partial charge in [0.15, 0.2) is 11.6 Å². The van der Waals surface area contributed by atoms with E-state index in [2.05, 4.69) is 34.1 Å². The second kappa shape index (κ2) is 12.2. The van der Waals surface area contributed by atoms with Gasteiger partial charge >= 0.3 is 0 Å². The van der Waals surface area contributed by atoms with Crippen LogP contribution in [-0.2, 0) is 13.6 Å². The van der Waals surface area contributed by atoms with Crippen molar-refractivity contribution in [1.82, 2.24) is 19.6 Å². The predicted molar refractivity (Wildman–Crippen MR) is 152 cm³/mol. The Morgan fingerprint density at radius 2 is 1.82 bits per heavy atom. The first-order valence-corrected chi connectivity index (χ1v) is 13.9. The van der Waals surface area contributed by atoms with Crippen molar-refractivity contribution in [3.8, 4) is 5.75 Å². The molecule has 0 saturated carbocycles. The highest BCUT2D eigenvalue weighted by molar-refractivity contribution is 6.08. The Morgan fingerprint density at radius 3 is 2.56 bits per heavy atom. The molecule has 2 aromatic carbocycles. The van der Waals surface area contributed by atoms with Crippen LogP contribution in [0.25, 0.3) is 0 Å². The second-order valence-electron chi connectivity index (χ2n) is 10.9. The van der Waals surface area contributed by atoms with Gasteiger partial charge in [-0.1, -0.05) is 26.0 Å². The topological polar surface area (TPSA) is 65.9 Å². The van der Waals surface area contributed by atoms with Crippen LogP contribution in [0.4, 0.5) is 21.6 Å². The first-order valence-electron chi connectivity index (χ1n) is 13.9. The van der Waals surface area contributed by atoms with Crippen LogP contribution in [-0.4, -0.2) is 71.4 Å². The van der Waals surface area contributed by atoms with Crippen LogP contribution in [0.3, 0.4) is 0 Å². The Hall–Kier alpha value is -3.43. The molecule has 0 aliphatic carbocycles. The highest BCUT2D eigenvalue weighted by Gasteiger charge is 2.27. The SMILES string of the molecule is CC(C)CCN1CCN(CCCOc2ccc(C(=O)N3Cc4cnn(C)c4Nc4ccccc43)cc2F)CC1. The van der Waals surface area contributed by atoms with E-state index in [1.807, 2.05) is 31.3 Å². The third-order valence-electron chi connectivity index (χ3n) is 7.58. The number of benzene rings is 2. The van der Waals surface area contributed by atoms with E-state index in [0.717, 1.165) is 67.8 Å². The van der Waals surface area contributed by atoms with Gasteiger partial charge in [-0.15, -0.1) is 0 Å². The van der Waals surface area contributed by atoms with E-state index >= 15 is 4.39 Å². The zero-order valence-corrected chi connectivity index (χ0v) is 23.2. The van der Waals surface area contributed by atoms with E-state index in [1.165, 1.54) is 19.0 Å². The minimum absolute atomic E-state index is 0.178. The number of ether oxygens (including phenoxy) is 1. The largest absolute Gasteiger partial charge is 0.490 e. The number of aryl methyl sites for hydroxylation is 1. The smallest absolute Gasteiger partial charge is 0.258 e. The number of fused-ring (bicyclic) bond motifs is 2. The number of rotatable bonds is 9. The van der Waals surface area contributed by atoms with E-state index in [0.29, 0.717) is 13.2 Å². The molecule has 8 nitrogen and oxygen atoms in total. The van der Waals surface area contributed by atoms with E-state index < -0.39 is 5.82 Å². The lowest BCUT2D eigenvalue weighted by Gasteiger charge is -2.35. The van der Waals surface area contributed by atoms with Crippen molar-refractivity contribution in [2.24, 2.45) is 13.0 Å². The molecule has 0 bridgehead atoms. The van der Waals surface area contributed by atoms with Gasteiger partial charge in [0, 0.05) is 50.9 Å². The maximum atomic E-state index is 15.0. The normalized spacial score (nSPS) is 16.0. The van der Waals surface area contributed by atoms with Crippen LogP contribution in [0, 0.1) is 11.7 Å². The number of carbonyl (C=O) groups is 1. The molecule has 1 saturated heterocycles. The van der Waals surface area contributed by atoms with E-state index in [4.69, 9.17) is 4.74 Å². The number of nitrogens with zero attached hydrogens (tertiary/aromatic N) is 5. The third-order valence-corrected chi connectivity index (χ3v) is 7.58. The zero-order valence-electron chi connectivity index (χ0n) is 23.2. The monoisotopic (exact) mass is 534 g/mol. The van der Waals surface area contributed by atoms with Crippen LogP contribution >= 0.6 is 0 Å². The Bertz CT molecular complexity index is 1280. The van der Waals surface area contributed by atoms with E-state index in [1.54, 1.807) is 27.9 Å². The van der Waals surface area contributed by atoms with Gasteiger partial charge in [0.25, 0.3) is 5.91 Å². The van der Waals surface area contributed by atoms with Crippen LogP contribution in [0.2, 0.25) is 0 Å². The average molecular weight is 535 g/mol. The minimum atomic E-state index is -0.525. The molecule has 3 heterocycles. The molecule has 5 rings (SSSR count). The number of anilines is 3. The molecule has 9 heteroatoms. The van der Waals surface area contributed by atoms with E-state index in [9.17, 15) is 4.79 Å². The maximum absolute atomic E-state index is 15.0. The quantitative estimate of drug-likeness (QED) is 0.394. The van der Waals surface area contributed by atoms with Crippen molar-refractivity contribution in [2.45, 2.75) is 33.2 Å². The molecule has 0 unspecified atom stereocenters. The summed E-state index contributed by atoms with van der Waals surface area (Å²) in [5.41, 5.74) is 2.70. The molecule has 1 N–H and O–H groups in total. The van der Waals surface area contributed by atoms with Crippen LogP contribution in [0.1, 0.15) is 42.6 Å². The van der Waals surface area contributed by atoms with Gasteiger partial charge in [-0.25, -0.2) is 4.39 Å². The van der Waals surface area contributed by atoms with Crippen LogP contribution in [0.5, 0.6) is 5.75 Å². The fraction of sp³-hybridized carbons (Fsp3) is 0.467. The van der Waals surface area contributed by atoms with Crippen molar-refractivity contribution in [3.05, 3.63) is 65.6 Å². The summed E-state index contributed by atoms with van der Waals surface area (Å²) in [6.45, 7) is 11.8. The fourth-order valence-electron chi connectivity index (χ4n) is 5.19. The van der Waals surface area contributed by atoms with Gasteiger partial charge in [-0.05, 0) is 55.6 Å². The number of aromatic nitrogens is 2.